The van der Waals surface area contributed by atoms with Crippen molar-refractivity contribution in [2.45, 2.75) is 6.54 Å². The van der Waals surface area contributed by atoms with Gasteiger partial charge in [-0.25, -0.2) is 9.97 Å². The molecule has 0 atom stereocenters. The van der Waals surface area contributed by atoms with Crippen molar-refractivity contribution in [3.63, 3.8) is 0 Å². The van der Waals surface area contributed by atoms with Crippen LogP contribution in [0.15, 0.2) is 30.6 Å². The molecule has 1 aromatic heterocycles. The summed E-state index contributed by atoms with van der Waals surface area (Å²) >= 11 is 0. The van der Waals surface area contributed by atoms with Crippen LogP contribution in [0.2, 0.25) is 0 Å². The summed E-state index contributed by atoms with van der Waals surface area (Å²) in [4.78, 5) is 18.2. The first-order valence-electron chi connectivity index (χ1n) is 6.06. The molecule has 0 bridgehead atoms. The normalized spacial score (nSPS) is 10.0. The number of methoxy groups -OCH3 is 2. The van der Waals surface area contributed by atoms with E-state index in [2.05, 4.69) is 15.3 Å². The summed E-state index contributed by atoms with van der Waals surface area (Å²) in [6.45, 7) is 0.366. The van der Waals surface area contributed by atoms with E-state index in [0.717, 1.165) is 5.69 Å². The van der Waals surface area contributed by atoms with Crippen molar-refractivity contribution in [2.24, 2.45) is 0 Å². The highest BCUT2D eigenvalue weighted by molar-refractivity contribution is 5.50. The molecule has 21 heavy (non-hydrogen) atoms. The van der Waals surface area contributed by atoms with E-state index < -0.39 is 4.92 Å². The van der Waals surface area contributed by atoms with Crippen LogP contribution in [0.3, 0.4) is 0 Å². The molecule has 0 radical (unpaired) electrons. The molecule has 0 saturated carbocycles. The van der Waals surface area contributed by atoms with Gasteiger partial charge in [0.05, 0.1) is 31.3 Å². The van der Waals surface area contributed by atoms with Gasteiger partial charge in [0.1, 0.15) is 6.33 Å². The Balaban J connectivity index is 2.14. The number of nitrogens with zero attached hydrogens (tertiary/aromatic N) is 3. The van der Waals surface area contributed by atoms with Crippen LogP contribution in [0.1, 0.15) is 5.56 Å². The van der Waals surface area contributed by atoms with Crippen LogP contribution in [0.5, 0.6) is 11.8 Å². The van der Waals surface area contributed by atoms with Gasteiger partial charge in [-0.1, -0.05) is 0 Å². The summed E-state index contributed by atoms with van der Waals surface area (Å²) in [7, 11) is 3.02. The number of benzene rings is 1. The Bertz CT molecular complexity index is 608. The van der Waals surface area contributed by atoms with Crippen molar-refractivity contribution in [1.82, 2.24) is 9.97 Å². The van der Waals surface area contributed by atoms with Gasteiger partial charge in [0, 0.05) is 17.8 Å². The third-order valence-electron chi connectivity index (χ3n) is 2.80. The van der Waals surface area contributed by atoms with Gasteiger partial charge in [-0.3, -0.25) is 10.1 Å². The minimum absolute atomic E-state index is 0.0405. The van der Waals surface area contributed by atoms with Crippen molar-refractivity contribution in [2.75, 3.05) is 19.5 Å². The fraction of sp³-hybridized carbons (Fsp3) is 0.231. The van der Waals surface area contributed by atoms with E-state index in [4.69, 9.17) is 9.47 Å². The Morgan fingerprint density at radius 3 is 2.19 bits per heavy atom. The van der Waals surface area contributed by atoms with E-state index in [0.29, 0.717) is 23.9 Å². The Kier molecular flexibility index (Phi) is 4.50. The summed E-state index contributed by atoms with van der Waals surface area (Å²) < 4.78 is 10.3. The fourth-order valence-electron chi connectivity index (χ4n) is 1.78. The van der Waals surface area contributed by atoms with E-state index in [1.807, 2.05) is 0 Å². The van der Waals surface area contributed by atoms with E-state index >= 15 is 0 Å². The van der Waals surface area contributed by atoms with Crippen molar-refractivity contribution in [1.29, 1.82) is 0 Å². The van der Waals surface area contributed by atoms with Crippen LogP contribution in [0.25, 0.3) is 0 Å². The van der Waals surface area contributed by atoms with Gasteiger partial charge < -0.3 is 14.8 Å². The Hall–Kier alpha value is -2.90. The average Bonchev–Trinajstić information content (AvgIpc) is 2.52. The molecule has 0 amide bonds. The average molecular weight is 290 g/mol. The second-order valence-corrected chi connectivity index (χ2v) is 4.03. The summed E-state index contributed by atoms with van der Waals surface area (Å²) in [5, 5.41) is 13.7. The lowest BCUT2D eigenvalue weighted by atomic mass is 10.2. The predicted octanol–water partition coefficient (Wildman–Crippen LogP) is 2.01. The minimum Gasteiger partial charge on any atom is -0.481 e. The number of nitrogens with one attached hydrogen (secondary N) is 1. The number of rotatable bonds is 6. The van der Waals surface area contributed by atoms with E-state index in [1.165, 1.54) is 32.7 Å². The van der Waals surface area contributed by atoms with Gasteiger partial charge in [-0.15, -0.1) is 0 Å². The Morgan fingerprint density at radius 1 is 1.14 bits per heavy atom. The molecule has 0 aliphatic rings. The van der Waals surface area contributed by atoms with Gasteiger partial charge in [0.15, 0.2) is 0 Å². The van der Waals surface area contributed by atoms with E-state index in [1.54, 1.807) is 12.1 Å². The van der Waals surface area contributed by atoms with Crippen LogP contribution >= 0.6 is 0 Å². The molecule has 0 spiro atoms. The maximum absolute atomic E-state index is 10.6. The zero-order chi connectivity index (χ0) is 15.2. The lowest BCUT2D eigenvalue weighted by Crippen LogP contribution is -2.06. The molecule has 0 unspecified atom stereocenters. The standard InChI is InChI=1S/C13H14N4O4/c1-20-12-11(13(21-2)16-8-15-12)7-14-9-3-5-10(6-4-9)17(18)19/h3-6,8,14H,7H2,1-2H3. The first-order chi connectivity index (χ1) is 10.2. The van der Waals surface area contributed by atoms with Crippen LogP contribution in [0.4, 0.5) is 11.4 Å². The van der Waals surface area contributed by atoms with Gasteiger partial charge >= 0.3 is 0 Å². The van der Waals surface area contributed by atoms with Crippen LogP contribution in [0, 0.1) is 10.1 Å². The highest BCUT2D eigenvalue weighted by Crippen LogP contribution is 2.25. The van der Waals surface area contributed by atoms with E-state index in [9.17, 15) is 10.1 Å². The molecule has 1 heterocycles. The van der Waals surface area contributed by atoms with Gasteiger partial charge in [-0.2, -0.15) is 0 Å². The number of ether oxygens (including phenoxy) is 2. The topological polar surface area (TPSA) is 99.4 Å². The van der Waals surface area contributed by atoms with Crippen LogP contribution in [-0.4, -0.2) is 29.1 Å². The lowest BCUT2D eigenvalue weighted by Gasteiger charge is -2.12. The second-order valence-electron chi connectivity index (χ2n) is 4.03. The molecule has 110 valence electrons. The molecule has 0 aliphatic heterocycles. The van der Waals surface area contributed by atoms with Gasteiger partial charge in [-0.05, 0) is 12.1 Å². The second kappa shape index (κ2) is 6.51. The number of anilines is 1. The molecule has 0 saturated heterocycles. The van der Waals surface area contributed by atoms with Crippen molar-refractivity contribution < 1.29 is 14.4 Å². The number of nitro benzene ring substituents is 1. The van der Waals surface area contributed by atoms with Gasteiger partial charge in [0.2, 0.25) is 11.8 Å². The summed E-state index contributed by atoms with van der Waals surface area (Å²) in [6, 6.07) is 6.11. The molecular weight excluding hydrogens is 276 g/mol. The Labute approximate surface area is 120 Å². The van der Waals surface area contributed by atoms with Crippen molar-refractivity contribution in [3.8, 4) is 11.8 Å². The Morgan fingerprint density at radius 2 is 1.71 bits per heavy atom. The monoisotopic (exact) mass is 290 g/mol. The quantitative estimate of drug-likeness (QED) is 0.641. The maximum Gasteiger partial charge on any atom is 0.269 e. The molecule has 2 rings (SSSR count). The molecule has 8 heteroatoms. The minimum atomic E-state index is -0.444. The SMILES string of the molecule is COc1ncnc(OC)c1CNc1ccc([N+](=O)[O-])cc1. The number of aromatic nitrogens is 2. The third kappa shape index (κ3) is 3.35. The molecule has 2 aromatic rings. The number of hydrogen-bond acceptors (Lipinski definition) is 7. The molecule has 1 aromatic carbocycles. The number of nitro groups is 1. The number of non-ortho nitro benzene ring substituents is 1. The smallest absolute Gasteiger partial charge is 0.269 e. The summed E-state index contributed by atoms with van der Waals surface area (Å²) in [5.74, 6) is 0.826. The largest absolute Gasteiger partial charge is 0.481 e. The number of hydrogen-bond donors (Lipinski definition) is 1. The molecule has 0 fully saturated rings. The molecule has 8 nitrogen and oxygen atoms in total. The fourth-order valence-corrected chi connectivity index (χ4v) is 1.78. The molecule has 0 aliphatic carbocycles. The molecular formula is C13H14N4O4. The van der Waals surface area contributed by atoms with Crippen LogP contribution in [-0.2, 0) is 6.54 Å². The molecule has 1 N–H and O–H groups in total. The van der Waals surface area contributed by atoms with Crippen molar-refractivity contribution in [3.05, 3.63) is 46.3 Å². The first-order valence-corrected chi connectivity index (χ1v) is 6.06. The first kappa shape index (κ1) is 14.5. The van der Waals surface area contributed by atoms with Gasteiger partial charge in [0.25, 0.3) is 5.69 Å². The summed E-state index contributed by atoms with van der Waals surface area (Å²) in [5.41, 5.74) is 1.44. The predicted molar refractivity (Wildman–Crippen MR) is 75.6 cm³/mol. The van der Waals surface area contributed by atoms with Crippen LogP contribution < -0.4 is 14.8 Å². The zero-order valence-corrected chi connectivity index (χ0v) is 11.6. The van der Waals surface area contributed by atoms with E-state index in [-0.39, 0.29) is 5.69 Å². The maximum atomic E-state index is 10.6. The third-order valence-corrected chi connectivity index (χ3v) is 2.80. The highest BCUT2D eigenvalue weighted by Gasteiger charge is 2.12. The summed E-state index contributed by atoms with van der Waals surface area (Å²) in [6.07, 6.45) is 1.35. The zero-order valence-electron chi connectivity index (χ0n) is 11.6. The highest BCUT2D eigenvalue weighted by atomic mass is 16.6. The lowest BCUT2D eigenvalue weighted by molar-refractivity contribution is -0.384. The van der Waals surface area contributed by atoms with Crippen molar-refractivity contribution >= 4 is 11.4 Å².